The predicted octanol–water partition coefficient (Wildman–Crippen LogP) is 4.41. The molecular weight excluding hydrogens is 248 g/mol. The Morgan fingerprint density at radius 1 is 1.10 bits per heavy atom. The number of aliphatic carboxylic acids is 1. The third-order valence-electron chi connectivity index (χ3n) is 2.97. The zero-order chi connectivity index (χ0) is 15.3. The number of hydrogen-bond donors (Lipinski definition) is 1. The van der Waals surface area contributed by atoms with Crippen LogP contribution in [-0.4, -0.2) is 11.1 Å². The standard InChI is InChI=1S/C18H22O2/c1-12(2)9-15-7-6-8-16(10-13(3)4)17(15)11-14(5)18(19)20/h6-8,11H,1,3,9-10H2,2,4-5H3,(H,19,20). The minimum Gasteiger partial charge on any atom is -0.478 e. The molecule has 0 unspecified atom stereocenters. The highest BCUT2D eigenvalue weighted by atomic mass is 16.4. The molecule has 0 spiro atoms. The lowest BCUT2D eigenvalue weighted by molar-refractivity contribution is -0.132. The van der Waals surface area contributed by atoms with Crippen molar-refractivity contribution in [2.24, 2.45) is 0 Å². The van der Waals surface area contributed by atoms with E-state index < -0.39 is 5.97 Å². The number of rotatable bonds is 6. The zero-order valence-electron chi connectivity index (χ0n) is 12.5. The van der Waals surface area contributed by atoms with E-state index in [9.17, 15) is 4.79 Å². The van der Waals surface area contributed by atoms with Gasteiger partial charge >= 0.3 is 5.97 Å². The van der Waals surface area contributed by atoms with Crippen LogP contribution in [0, 0.1) is 0 Å². The molecule has 20 heavy (non-hydrogen) atoms. The molecule has 2 nitrogen and oxygen atoms in total. The van der Waals surface area contributed by atoms with Gasteiger partial charge in [-0.3, -0.25) is 0 Å². The molecule has 0 radical (unpaired) electrons. The van der Waals surface area contributed by atoms with Crippen molar-refractivity contribution in [2.75, 3.05) is 0 Å². The molecule has 0 aliphatic rings. The summed E-state index contributed by atoms with van der Waals surface area (Å²) in [7, 11) is 0. The first-order valence-electron chi connectivity index (χ1n) is 6.62. The van der Waals surface area contributed by atoms with Crippen LogP contribution in [0.2, 0.25) is 0 Å². The van der Waals surface area contributed by atoms with E-state index in [4.69, 9.17) is 5.11 Å². The molecule has 0 saturated carbocycles. The van der Waals surface area contributed by atoms with E-state index >= 15 is 0 Å². The van der Waals surface area contributed by atoms with Crippen LogP contribution < -0.4 is 0 Å². The lowest BCUT2D eigenvalue weighted by Gasteiger charge is -2.13. The van der Waals surface area contributed by atoms with Crippen molar-refractivity contribution in [3.05, 3.63) is 64.8 Å². The summed E-state index contributed by atoms with van der Waals surface area (Å²) in [6, 6.07) is 6.05. The Kier molecular flexibility index (Phi) is 5.51. The fraction of sp³-hybridized carbons (Fsp3) is 0.278. The highest BCUT2D eigenvalue weighted by Crippen LogP contribution is 2.23. The van der Waals surface area contributed by atoms with Gasteiger partial charge in [-0.2, -0.15) is 0 Å². The van der Waals surface area contributed by atoms with Gasteiger partial charge in [0.25, 0.3) is 0 Å². The Morgan fingerprint density at radius 2 is 1.55 bits per heavy atom. The van der Waals surface area contributed by atoms with Gasteiger partial charge in [0, 0.05) is 5.57 Å². The van der Waals surface area contributed by atoms with E-state index in [1.54, 1.807) is 13.0 Å². The molecule has 0 fully saturated rings. The summed E-state index contributed by atoms with van der Waals surface area (Å²) >= 11 is 0. The first kappa shape index (κ1) is 16.0. The van der Waals surface area contributed by atoms with E-state index in [1.165, 1.54) is 0 Å². The summed E-state index contributed by atoms with van der Waals surface area (Å²) in [5.41, 5.74) is 5.65. The lowest BCUT2D eigenvalue weighted by atomic mass is 9.92. The van der Waals surface area contributed by atoms with Crippen LogP contribution in [0.1, 0.15) is 37.5 Å². The summed E-state index contributed by atoms with van der Waals surface area (Å²) in [6.07, 6.45) is 3.25. The molecule has 0 bridgehead atoms. The summed E-state index contributed by atoms with van der Waals surface area (Å²) in [4.78, 5) is 11.1. The molecule has 1 rings (SSSR count). The Balaban J connectivity index is 3.38. The molecule has 0 aromatic heterocycles. The average molecular weight is 270 g/mol. The Hall–Kier alpha value is -2.09. The van der Waals surface area contributed by atoms with Crippen molar-refractivity contribution in [3.8, 4) is 0 Å². The maximum absolute atomic E-state index is 11.1. The van der Waals surface area contributed by atoms with Crippen LogP contribution in [0.15, 0.2) is 48.1 Å². The summed E-state index contributed by atoms with van der Waals surface area (Å²) < 4.78 is 0. The van der Waals surface area contributed by atoms with Gasteiger partial charge < -0.3 is 5.11 Å². The third-order valence-corrected chi connectivity index (χ3v) is 2.97. The summed E-state index contributed by atoms with van der Waals surface area (Å²) in [6.45, 7) is 13.4. The maximum atomic E-state index is 11.1. The highest BCUT2D eigenvalue weighted by Gasteiger charge is 2.09. The summed E-state index contributed by atoms with van der Waals surface area (Å²) in [5.74, 6) is -0.892. The molecule has 0 saturated heterocycles. The van der Waals surface area contributed by atoms with Crippen LogP contribution in [0.4, 0.5) is 0 Å². The van der Waals surface area contributed by atoms with Gasteiger partial charge in [0.2, 0.25) is 0 Å². The first-order chi connectivity index (χ1) is 9.31. The van der Waals surface area contributed by atoms with Gasteiger partial charge in [0.15, 0.2) is 0 Å². The van der Waals surface area contributed by atoms with Gasteiger partial charge in [-0.15, -0.1) is 0 Å². The quantitative estimate of drug-likeness (QED) is 0.614. The fourth-order valence-electron chi connectivity index (χ4n) is 2.09. The normalized spacial score (nSPS) is 11.2. The van der Waals surface area contributed by atoms with Gasteiger partial charge in [0.05, 0.1) is 0 Å². The monoisotopic (exact) mass is 270 g/mol. The number of hydrogen-bond acceptors (Lipinski definition) is 1. The minimum absolute atomic E-state index is 0.335. The molecule has 2 heteroatoms. The van der Waals surface area contributed by atoms with Crippen molar-refractivity contribution >= 4 is 12.0 Å². The molecular formula is C18H22O2. The smallest absolute Gasteiger partial charge is 0.331 e. The van der Waals surface area contributed by atoms with Gasteiger partial charge in [-0.25, -0.2) is 4.79 Å². The molecule has 0 heterocycles. The largest absolute Gasteiger partial charge is 0.478 e. The molecule has 1 aromatic rings. The number of carbonyl (C=O) groups is 1. The second-order valence-corrected chi connectivity index (χ2v) is 5.39. The van der Waals surface area contributed by atoms with Gasteiger partial charge in [-0.1, -0.05) is 42.5 Å². The molecule has 1 aromatic carbocycles. The Bertz CT molecular complexity index is 543. The van der Waals surface area contributed by atoms with E-state index in [0.29, 0.717) is 5.57 Å². The molecule has 0 aliphatic carbocycles. The van der Waals surface area contributed by atoms with Crippen molar-refractivity contribution in [3.63, 3.8) is 0 Å². The van der Waals surface area contributed by atoms with Crippen molar-refractivity contribution in [1.29, 1.82) is 0 Å². The number of carboxylic acid groups (broad SMARTS) is 1. The second-order valence-electron chi connectivity index (χ2n) is 5.39. The van der Waals surface area contributed by atoms with Crippen LogP contribution >= 0.6 is 0 Å². The average Bonchev–Trinajstić information content (AvgIpc) is 2.31. The Labute approximate surface area is 121 Å². The topological polar surface area (TPSA) is 37.3 Å². The maximum Gasteiger partial charge on any atom is 0.331 e. The van der Waals surface area contributed by atoms with Crippen LogP contribution in [0.5, 0.6) is 0 Å². The fourth-order valence-corrected chi connectivity index (χ4v) is 2.09. The first-order valence-corrected chi connectivity index (χ1v) is 6.62. The molecule has 0 aliphatic heterocycles. The SMILES string of the molecule is C=C(C)Cc1cccc(CC(=C)C)c1C=C(C)C(=O)O. The number of benzene rings is 1. The molecule has 1 N–H and O–H groups in total. The van der Waals surface area contributed by atoms with E-state index in [0.717, 1.165) is 40.7 Å². The second kappa shape index (κ2) is 6.90. The van der Waals surface area contributed by atoms with Crippen LogP contribution in [0.25, 0.3) is 6.08 Å². The van der Waals surface area contributed by atoms with E-state index in [-0.39, 0.29) is 0 Å². The van der Waals surface area contributed by atoms with Crippen molar-refractivity contribution in [1.82, 2.24) is 0 Å². The predicted molar refractivity (Wildman–Crippen MR) is 84.8 cm³/mol. The molecule has 0 atom stereocenters. The van der Waals surface area contributed by atoms with E-state index in [2.05, 4.69) is 13.2 Å². The number of carboxylic acids is 1. The van der Waals surface area contributed by atoms with E-state index in [1.807, 2.05) is 32.0 Å². The van der Waals surface area contributed by atoms with Gasteiger partial charge in [0.1, 0.15) is 0 Å². The minimum atomic E-state index is -0.892. The number of allylic oxidation sites excluding steroid dienone is 2. The van der Waals surface area contributed by atoms with Crippen molar-refractivity contribution < 1.29 is 9.90 Å². The zero-order valence-corrected chi connectivity index (χ0v) is 12.5. The highest BCUT2D eigenvalue weighted by molar-refractivity contribution is 5.92. The molecule has 0 amide bonds. The molecule has 106 valence electrons. The lowest BCUT2D eigenvalue weighted by Crippen LogP contribution is -2.01. The van der Waals surface area contributed by atoms with Crippen LogP contribution in [0.3, 0.4) is 0 Å². The third kappa shape index (κ3) is 4.54. The van der Waals surface area contributed by atoms with Crippen molar-refractivity contribution in [2.45, 2.75) is 33.6 Å². The summed E-state index contributed by atoms with van der Waals surface area (Å²) in [5, 5.41) is 9.09. The van der Waals surface area contributed by atoms with Crippen LogP contribution in [-0.2, 0) is 17.6 Å². The Morgan fingerprint density at radius 3 is 1.90 bits per heavy atom. The van der Waals surface area contributed by atoms with Gasteiger partial charge in [-0.05, 0) is 56.4 Å².